The van der Waals surface area contributed by atoms with Crippen molar-refractivity contribution in [1.29, 1.82) is 0 Å². The fourth-order valence-corrected chi connectivity index (χ4v) is 2.19. The molecule has 0 amide bonds. The molecule has 2 aromatic carbocycles. The van der Waals surface area contributed by atoms with Gasteiger partial charge in [-0.3, -0.25) is 0 Å². The van der Waals surface area contributed by atoms with Gasteiger partial charge in [0, 0.05) is 5.56 Å². The molecule has 0 aliphatic carbocycles. The molecule has 0 saturated heterocycles. The quantitative estimate of drug-likeness (QED) is 0.931. The third kappa shape index (κ3) is 2.83. The zero-order chi connectivity index (χ0) is 13.8. The summed E-state index contributed by atoms with van der Waals surface area (Å²) in [5, 5.41) is 10.9. The monoisotopic (exact) mass is 278 g/mol. The summed E-state index contributed by atoms with van der Waals surface area (Å²) in [6, 6.07) is 12.5. The number of hydrogen-bond donors (Lipinski definition) is 1. The van der Waals surface area contributed by atoms with Crippen LogP contribution in [0.2, 0.25) is 5.02 Å². The van der Waals surface area contributed by atoms with Crippen LogP contribution >= 0.6 is 11.6 Å². The second-order valence-electron chi connectivity index (χ2n) is 4.04. The Kier molecular flexibility index (Phi) is 4.30. The maximum absolute atomic E-state index is 10.4. The molecular weight excluding hydrogens is 264 g/mol. The van der Waals surface area contributed by atoms with Gasteiger partial charge in [-0.25, -0.2) is 0 Å². The van der Waals surface area contributed by atoms with Crippen molar-refractivity contribution in [3.63, 3.8) is 0 Å². The summed E-state index contributed by atoms with van der Waals surface area (Å²) >= 11 is 6.07. The van der Waals surface area contributed by atoms with Crippen LogP contribution in [0.1, 0.15) is 17.2 Å². The van der Waals surface area contributed by atoms with Gasteiger partial charge in [0.2, 0.25) is 0 Å². The number of aliphatic hydroxyl groups excluding tert-OH is 1. The second-order valence-corrected chi connectivity index (χ2v) is 4.45. The van der Waals surface area contributed by atoms with E-state index in [9.17, 15) is 5.11 Å². The average Bonchev–Trinajstić information content (AvgIpc) is 2.46. The highest BCUT2D eigenvalue weighted by molar-refractivity contribution is 6.32. The number of rotatable bonds is 4. The van der Waals surface area contributed by atoms with Gasteiger partial charge < -0.3 is 14.6 Å². The maximum Gasteiger partial charge on any atom is 0.137 e. The number of hydrogen-bond acceptors (Lipinski definition) is 3. The van der Waals surface area contributed by atoms with E-state index < -0.39 is 6.10 Å². The predicted molar refractivity (Wildman–Crippen MR) is 75.1 cm³/mol. The molecule has 0 fully saturated rings. The summed E-state index contributed by atoms with van der Waals surface area (Å²) in [6.07, 6.45) is -0.792. The van der Waals surface area contributed by atoms with Crippen LogP contribution < -0.4 is 9.47 Å². The van der Waals surface area contributed by atoms with Gasteiger partial charge in [-0.05, 0) is 23.8 Å². The van der Waals surface area contributed by atoms with E-state index >= 15 is 0 Å². The van der Waals surface area contributed by atoms with Crippen LogP contribution in [-0.4, -0.2) is 19.3 Å². The number of aliphatic hydroxyl groups is 1. The van der Waals surface area contributed by atoms with Gasteiger partial charge in [0.15, 0.2) is 0 Å². The van der Waals surface area contributed by atoms with Gasteiger partial charge in [0.25, 0.3) is 0 Å². The van der Waals surface area contributed by atoms with Gasteiger partial charge in [0.1, 0.15) is 17.6 Å². The van der Waals surface area contributed by atoms with E-state index in [0.29, 0.717) is 27.6 Å². The largest absolute Gasteiger partial charge is 0.496 e. The van der Waals surface area contributed by atoms with Crippen LogP contribution in [0.4, 0.5) is 0 Å². The summed E-state index contributed by atoms with van der Waals surface area (Å²) < 4.78 is 10.3. The third-order valence-electron chi connectivity index (χ3n) is 2.93. The molecule has 1 N–H and O–H groups in total. The summed E-state index contributed by atoms with van der Waals surface area (Å²) in [6.45, 7) is 0. The Labute approximate surface area is 117 Å². The first-order chi connectivity index (χ1) is 9.17. The number of methoxy groups -OCH3 is 2. The van der Waals surface area contributed by atoms with Crippen LogP contribution in [0.3, 0.4) is 0 Å². The molecule has 0 bridgehead atoms. The topological polar surface area (TPSA) is 38.7 Å². The van der Waals surface area contributed by atoms with E-state index in [2.05, 4.69) is 0 Å². The van der Waals surface area contributed by atoms with Gasteiger partial charge >= 0.3 is 0 Å². The van der Waals surface area contributed by atoms with Crippen molar-refractivity contribution >= 4 is 11.6 Å². The second kappa shape index (κ2) is 5.95. The van der Waals surface area contributed by atoms with E-state index in [1.165, 1.54) is 0 Å². The summed E-state index contributed by atoms with van der Waals surface area (Å²) in [7, 11) is 3.13. The fourth-order valence-electron chi connectivity index (χ4n) is 1.92. The normalized spacial score (nSPS) is 12.0. The molecule has 1 unspecified atom stereocenters. The molecule has 0 aliphatic rings. The number of ether oxygens (including phenoxy) is 2. The zero-order valence-electron chi connectivity index (χ0n) is 10.8. The van der Waals surface area contributed by atoms with Crippen LogP contribution in [0.25, 0.3) is 0 Å². The summed E-state index contributed by atoms with van der Waals surface area (Å²) in [5.74, 6) is 1.22. The lowest BCUT2D eigenvalue weighted by Crippen LogP contribution is -2.02. The van der Waals surface area contributed by atoms with Crippen LogP contribution in [-0.2, 0) is 0 Å². The smallest absolute Gasteiger partial charge is 0.137 e. The fraction of sp³-hybridized carbons (Fsp3) is 0.200. The minimum Gasteiger partial charge on any atom is -0.496 e. The van der Waals surface area contributed by atoms with E-state index in [1.54, 1.807) is 32.4 Å². The molecule has 4 heteroatoms. The number of halogens is 1. The first kappa shape index (κ1) is 13.7. The predicted octanol–water partition coefficient (Wildman–Crippen LogP) is 3.44. The molecule has 2 aromatic rings. The molecule has 0 aliphatic heterocycles. The highest BCUT2D eigenvalue weighted by atomic mass is 35.5. The Morgan fingerprint density at radius 3 is 2.32 bits per heavy atom. The van der Waals surface area contributed by atoms with E-state index in [0.717, 1.165) is 0 Å². The van der Waals surface area contributed by atoms with Crippen LogP contribution in [0.15, 0.2) is 42.5 Å². The Bertz CT molecular complexity index is 569. The molecule has 1 atom stereocenters. The molecule has 0 saturated carbocycles. The lowest BCUT2D eigenvalue weighted by atomic mass is 10.0. The summed E-state index contributed by atoms with van der Waals surface area (Å²) in [4.78, 5) is 0. The van der Waals surface area contributed by atoms with Crippen molar-refractivity contribution in [3.05, 3.63) is 58.6 Å². The van der Waals surface area contributed by atoms with Gasteiger partial charge in [-0.15, -0.1) is 0 Å². The van der Waals surface area contributed by atoms with E-state index in [4.69, 9.17) is 21.1 Å². The van der Waals surface area contributed by atoms with E-state index in [1.807, 2.05) is 24.3 Å². The van der Waals surface area contributed by atoms with Gasteiger partial charge in [-0.2, -0.15) is 0 Å². The third-order valence-corrected chi connectivity index (χ3v) is 3.22. The van der Waals surface area contributed by atoms with Crippen molar-refractivity contribution < 1.29 is 14.6 Å². The lowest BCUT2D eigenvalue weighted by molar-refractivity contribution is 0.214. The average molecular weight is 279 g/mol. The zero-order valence-corrected chi connectivity index (χ0v) is 11.5. The Morgan fingerprint density at radius 1 is 1.00 bits per heavy atom. The molecule has 3 nitrogen and oxygen atoms in total. The molecule has 0 heterocycles. The van der Waals surface area contributed by atoms with Crippen molar-refractivity contribution in [2.75, 3.05) is 14.2 Å². The molecule has 0 spiro atoms. The van der Waals surface area contributed by atoms with Crippen molar-refractivity contribution in [2.45, 2.75) is 6.10 Å². The molecular formula is C15H15ClO3. The summed E-state index contributed by atoms with van der Waals surface area (Å²) in [5.41, 5.74) is 1.39. The molecule has 19 heavy (non-hydrogen) atoms. The van der Waals surface area contributed by atoms with E-state index in [-0.39, 0.29) is 0 Å². The Balaban J connectivity index is 2.38. The van der Waals surface area contributed by atoms with Crippen LogP contribution in [0.5, 0.6) is 11.5 Å². The van der Waals surface area contributed by atoms with Crippen molar-refractivity contribution in [2.24, 2.45) is 0 Å². The first-order valence-corrected chi connectivity index (χ1v) is 6.19. The standard InChI is InChI=1S/C15H15ClO3/c1-18-13-6-4-3-5-11(13)15(17)10-7-8-14(19-2)12(16)9-10/h3-9,15,17H,1-2H3. The van der Waals surface area contributed by atoms with Gasteiger partial charge in [0.05, 0.1) is 19.2 Å². The van der Waals surface area contributed by atoms with Gasteiger partial charge in [-0.1, -0.05) is 35.9 Å². The lowest BCUT2D eigenvalue weighted by Gasteiger charge is -2.16. The van der Waals surface area contributed by atoms with Crippen molar-refractivity contribution in [3.8, 4) is 11.5 Å². The molecule has 100 valence electrons. The highest BCUT2D eigenvalue weighted by Crippen LogP contribution is 2.33. The maximum atomic E-state index is 10.4. The number of para-hydroxylation sites is 1. The molecule has 0 radical (unpaired) electrons. The highest BCUT2D eigenvalue weighted by Gasteiger charge is 2.16. The Morgan fingerprint density at radius 2 is 1.68 bits per heavy atom. The molecule has 0 aromatic heterocycles. The van der Waals surface area contributed by atoms with Crippen molar-refractivity contribution in [1.82, 2.24) is 0 Å². The first-order valence-electron chi connectivity index (χ1n) is 5.81. The SMILES string of the molecule is COc1ccc(C(O)c2ccccc2OC)cc1Cl. The number of benzene rings is 2. The molecule has 2 rings (SSSR count). The Hall–Kier alpha value is -1.71. The van der Waals surface area contributed by atoms with Crippen LogP contribution in [0, 0.1) is 0 Å². The minimum absolute atomic E-state index is 0.467. The minimum atomic E-state index is -0.792.